The number of rotatable bonds is 2. The summed E-state index contributed by atoms with van der Waals surface area (Å²) in [5.74, 6) is 0.183. The van der Waals surface area contributed by atoms with E-state index in [2.05, 4.69) is 15.0 Å². The molecule has 3 rings (SSSR count). The average Bonchev–Trinajstić information content (AvgIpc) is 2.92. The minimum absolute atomic E-state index is 0.0350. The Morgan fingerprint density at radius 3 is 3.11 bits per heavy atom. The van der Waals surface area contributed by atoms with E-state index in [-0.39, 0.29) is 29.4 Å². The number of nitrogen functional groups attached to an aromatic ring is 1. The number of fused-ring (bicyclic) bond motifs is 1. The molecule has 0 spiro atoms. The van der Waals surface area contributed by atoms with Crippen molar-refractivity contribution in [2.45, 2.75) is 12.6 Å². The minimum Gasteiger partial charge on any atom is -0.508 e. The van der Waals surface area contributed by atoms with Crippen LogP contribution in [0.5, 0.6) is 0 Å². The first-order chi connectivity index (χ1) is 9.10. The van der Waals surface area contributed by atoms with Crippen LogP contribution in [0.3, 0.4) is 0 Å². The summed E-state index contributed by atoms with van der Waals surface area (Å²) in [6, 6.07) is 0. The molecule has 19 heavy (non-hydrogen) atoms. The van der Waals surface area contributed by atoms with Crippen molar-refractivity contribution in [2.24, 2.45) is 0 Å². The van der Waals surface area contributed by atoms with E-state index < -0.39 is 18.5 Å². The van der Waals surface area contributed by atoms with Crippen LogP contribution in [-0.4, -0.2) is 36.3 Å². The van der Waals surface area contributed by atoms with Crippen molar-refractivity contribution in [3.63, 3.8) is 0 Å². The summed E-state index contributed by atoms with van der Waals surface area (Å²) in [5, 5.41) is 18.6. The Kier molecular flexibility index (Phi) is 2.42. The summed E-state index contributed by atoms with van der Waals surface area (Å²) in [5.41, 5.74) is 5.65. The maximum absolute atomic E-state index is 11.3. The number of anilines is 1. The van der Waals surface area contributed by atoms with Gasteiger partial charge in [0.25, 0.3) is 0 Å². The highest BCUT2D eigenvalue weighted by Crippen LogP contribution is 2.32. The van der Waals surface area contributed by atoms with Gasteiger partial charge in [0.2, 0.25) is 0 Å². The first-order valence-electron chi connectivity index (χ1n) is 5.51. The van der Waals surface area contributed by atoms with Gasteiger partial charge in [0.15, 0.2) is 17.6 Å². The molecule has 0 fully saturated rings. The topological polar surface area (TPSA) is 139 Å². The van der Waals surface area contributed by atoms with Crippen LogP contribution in [0.4, 0.5) is 5.82 Å². The molecule has 2 aromatic rings. The number of aliphatic hydroxyl groups is 2. The lowest BCUT2D eigenvalue weighted by molar-refractivity contribution is 0.0656. The van der Waals surface area contributed by atoms with Crippen LogP contribution in [0, 0.1) is 0 Å². The van der Waals surface area contributed by atoms with Crippen molar-refractivity contribution in [2.75, 3.05) is 12.3 Å². The Labute approximate surface area is 106 Å². The van der Waals surface area contributed by atoms with Crippen LogP contribution in [0.1, 0.15) is 12.6 Å². The van der Waals surface area contributed by atoms with E-state index >= 15 is 0 Å². The molecule has 0 radical (unpaired) electrons. The molecule has 1 atom stereocenters. The second-order valence-electron chi connectivity index (χ2n) is 4.08. The van der Waals surface area contributed by atoms with Crippen LogP contribution in [-0.2, 0) is 4.74 Å². The van der Waals surface area contributed by atoms with Gasteiger partial charge in [0, 0.05) is 0 Å². The van der Waals surface area contributed by atoms with Gasteiger partial charge in [-0.2, -0.15) is 4.98 Å². The van der Waals surface area contributed by atoms with Gasteiger partial charge in [-0.05, 0) is 0 Å². The van der Waals surface area contributed by atoms with Crippen molar-refractivity contribution < 1.29 is 14.9 Å². The standard InChI is InChI=1S/C10H11N5O4/c11-8-7-9(14-10(18)13-8)15(3-12-7)6-1-4(17)5(2-16)19-6/h3,6,16-17H,1-2H2,(H3,11,13,14,18). The zero-order valence-electron chi connectivity index (χ0n) is 9.70. The largest absolute Gasteiger partial charge is 0.508 e. The molecular weight excluding hydrogens is 254 g/mol. The summed E-state index contributed by atoms with van der Waals surface area (Å²) in [6.45, 7) is -0.398. The second kappa shape index (κ2) is 3.99. The molecule has 0 aromatic carbocycles. The van der Waals surface area contributed by atoms with Gasteiger partial charge in [-0.1, -0.05) is 0 Å². The molecule has 0 bridgehead atoms. The molecule has 3 heterocycles. The Balaban J connectivity index is 2.06. The van der Waals surface area contributed by atoms with E-state index in [0.717, 1.165) is 0 Å². The van der Waals surface area contributed by atoms with Gasteiger partial charge >= 0.3 is 5.69 Å². The summed E-state index contributed by atoms with van der Waals surface area (Å²) >= 11 is 0. The first kappa shape index (κ1) is 11.5. The van der Waals surface area contributed by atoms with E-state index in [1.54, 1.807) is 0 Å². The lowest BCUT2D eigenvalue weighted by atomic mass is 10.3. The molecule has 1 aliphatic rings. The normalized spacial score (nSPS) is 19.1. The van der Waals surface area contributed by atoms with Crippen molar-refractivity contribution >= 4 is 17.0 Å². The zero-order valence-corrected chi connectivity index (χ0v) is 9.70. The first-order valence-corrected chi connectivity index (χ1v) is 5.51. The number of nitrogens with two attached hydrogens (primary N) is 1. The molecule has 5 N–H and O–H groups in total. The van der Waals surface area contributed by atoms with Crippen molar-refractivity contribution in [3.8, 4) is 0 Å². The molecule has 0 amide bonds. The van der Waals surface area contributed by atoms with Gasteiger partial charge in [0.1, 0.15) is 30.0 Å². The molecule has 1 aliphatic heterocycles. The average molecular weight is 265 g/mol. The molecule has 0 aliphatic carbocycles. The number of nitrogens with one attached hydrogen (secondary N) is 1. The van der Waals surface area contributed by atoms with Crippen LogP contribution in [0.25, 0.3) is 11.2 Å². The number of ether oxygens (including phenoxy) is 1. The Hall–Kier alpha value is -2.55. The lowest BCUT2D eigenvalue weighted by Crippen LogP contribution is -2.16. The van der Waals surface area contributed by atoms with E-state index in [9.17, 15) is 9.90 Å². The van der Waals surface area contributed by atoms with Gasteiger partial charge in [-0.25, -0.2) is 9.78 Å². The van der Waals surface area contributed by atoms with Gasteiger partial charge < -0.3 is 20.7 Å². The highest BCUT2D eigenvalue weighted by molar-refractivity contribution is 5.81. The quantitative estimate of drug-likeness (QED) is 0.567. The maximum Gasteiger partial charge on any atom is 0.348 e. The SMILES string of the molecule is Nc1[nH]c(=O)nc2c1ncn2C1CC(O)=C(CO)O1. The van der Waals surface area contributed by atoms with Crippen LogP contribution in [0.15, 0.2) is 22.6 Å². The molecule has 1 unspecified atom stereocenters. The molecule has 9 heteroatoms. The van der Waals surface area contributed by atoms with Crippen molar-refractivity contribution in [3.05, 3.63) is 28.3 Å². The van der Waals surface area contributed by atoms with Crippen molar-refractivity contribution in [1.82, 2.24) is 19.5 Å². The Bertz CT molecular complexity index is 731. The van der Waals surface area contributed by atoms with Crippen LogP contribution >= 0.6 is 0 Å². The Morgan fingerprint density at radius 1 is 1.63 bits per heavy atom. The van der Waals surface area contributed by atoms with Gasteiger partial charge in [-0.3, -0.25) is 9.55 Å². The third-order valence-electron chi connectivity index (χ3n) is 2.89. The fourth-order valence-corrected chi connectivity index (χ4v) is 2.00. The smallest absolute Gasteiger partial charge is 0.348 e. The number of aromatic amines is 1. The zero-order chi connectivity index (χ0) is 13.6. The van der Waals surface area contributed by atoms with Gasteiger partial charge in [-0.15, -0.1) is 0 Å². The second-order valence-corrected chi connectivity index (χ2v) is 4.08. The number of nitrogens with zero attached hydrogens (tertiary/aromatic N) is 3. The number of aliphatic hydroxyl groups excluding tert-OH is 2. The van der Waals surface area contributed by atoms with E-state index in [1.165, 1.54) is 10.9 Å². The molecular formula is C10H11N5O4. The number of hydrogen-bond acceptors (Lipinski definition) is 7. The molecule has 0 saturated carbocycles. The maximum atomic E-state index is 11.3. The summed E-state index contributed by atoms with van der Waals surface area (Å²) in [6.07, 6.45) is 0.968. The Morgan fingerprint density at radius 2 is 2.42 bits per heavy atom. The summed E-state index contributed by atoms with van der Waals surface area (Å²) in [4.78, 5) is 21.5. The van der Waals surface area contributed by atoms with E-state index in [1.807, 2.05) is 0 Å². The minimum atomic E-state index is -0.610. The summed E-state index contributed by atoms with van der Waals surface area (Å²) in [7, 11) is 0. The molecule has 2 aromatic heterocycles. The van der Waals surface area contributed by atoms with Crippen LogP contribution < -0.4 is 11.4 Å². The van der Waals surface area contributed by atoms with E-state index in [0.29, 0.717) is 5.52 Å². The third-order valence-corrected chi connectivity index (χ3v) is 2.89. The predicted octanol–water partition coefficient (Wildman–Crippen LogP) is -0.617. The molecule has 9 nitrogen and oxygen atoms in total. The monoisotopic (exact) mass is 265 g/mol. The fraction of sp³-hybridized carbons (Fsp3) is 0.300. The lowest BCUT2D eigenvalue weighted by Gasteiger charge is -2.13. The predicted molar refractivity (Wildman–Crippen MR) is 64.0 cm³/mol. The number of aromatic nitrogens is 4. The van der Waals surface area contributed by atoms with Gasteiger partial charge in [0.05, 0.1) is 6.42 Å². The number of imidazole rings is 1. The number of hydrogen-bond donors (Lipinski definition) is 4. The molecule has 100 valence electrons. The highest BCUT2D eigenvalue weighted by Gasteiger charge is 2.28. The van der Waals surface area contributed by atoms with E-state index in [4.69, 9.17) is 15.6 Å². The third kappa shape index (κ3) is 1.71. The summed E-state index contributed by atoms with van der Waals surface area (Å²) < 4.78 is 6.85. The molecule has 0 saturated heterocycles. The fourth-order valence-electron chi connectivity index (χ4n) is 2.00. The number of H-pyrrole nitrogens is 1. The highest BCUT2D eigenvalue weighted by atomic mass is 16.5. The van der Waals surface area contributed by atoms with Crippen molar-refractivity contribution in [1.29, 1.82) is 0 Å². The van der Waals surface area contributed by atoms with Crippen LogP contribution in [0.2, 0.25) is 0 Å².